The number of Topliss-reactive ketones (excluding diaryl/α,β-unsaturated/α-hetero) is 1. The van der Waals surface area contributed by atoms with E-state index in [9.17, 15) is 4.79 Å². The number of carbonyl (C=O) groups excluding carboxylic acids is 1. The van der Waals surface area contributed by atoms with Gasteiger partial charge in [-0.2, -0.15) is 10.4 Å². The Labute approximate surface area is 181 Å². The van der Waals surface area contributed by atoms with Crippen molar-refractivity contribution in [2.75, 3.05) is 0 Å². The first-order chi connectivity index (χ1) is 14.5. The standard InChI is InChI=1S/C26H37N3O/c1-17-3-6-22-19(11-17)4-7-24-23(22)9-10-26(2)20(5-8-25(24)26)12-21(30)16-29-15-18(13-27)14-28-29/h14-15,17,19-20,22-25H,3-12,16H2,1-2H3/t17-,19+,20+,22-,23+,24+,25-,26+/m0/s1. The average Bonchev–Trinajstić information content (AvgIpc) is 3.31. The zero-order valence-corrected chi connectivity index (χ0v) is 18.7. The second-order valence-electron chi connectivity index (χ2n) is 11.5. The van der Waals surface area contributed by atoms with E-state index in [2.05, 4.69) is 25.0 Å². The minimum absolute atomic E-state index is 0.279. The van der Waals surface area contributed by atoms with Gasteiger partial charge in [-0.1, -0.05) is 20.3 Å². The van der Waals surface area contributed by atoms with Crippen molar-refractivity contribution in [2.24, 2.45) is 46.8 Å². The molecule has 0 unspecified atom stereocenters. The highest BCUT2D eigenvalue weighted by Crippen LogP contribution is 2.64. The number of nitriles is 1. The molecule has 5 rings (SSSR count). The molecule has 4 fully saturated rings. The van der Waals surface area contributed by atoms with Gasteiger partial charge >= 0.3 is 0 Å². The highest BCUT2D eigenvalue weighted by molar-refractivity contribution is 5.78. The molecular formula is C26H37N3O. The number of aromatic nitrogens is 2. The molecule has 4 saturated carbocycles. The first kappa shape index (κ1) is 20.3. The summed E-state index contributed by atoms with van der Waals surface area (Å²) in [4.78, 5) is 12.8. The molecular weight excluding hydrogens is 370 g/mol. The Morgan fingerprint density at radius 2 is 2.00 bits per heavy atom. The van der Waals surface area contributed by atoms with Gasteiger partial charge < -0.3 is 0 Å². The van der Waals surface area contributed by atoms with Crippen LogP contribution in [0.2, 0.25) is 0 Å². The first-order valence-electron chi connectivity index (χ1n) is 12.4. The number of carbonyl (C=O) groups is 1. The fourth-order valence-electron chi connectivity index (χ4n) is 8.56. The maximum Gasteiger partial charge on any atom is 0.154 e. The molecule has 4 aliphatic carbocycles. The summed E-state index contributed by atoms with van der Waals surface area (Å²) in [5, 5.41) is 13.1. The SMILES string of the molecule is C[C@H]1CC[C@H]2[C@H](CC[C@@H]3[C@@H]2CC[C@]2(C)[C@@H](CC(=O)Cn4cc(C#N)cn4)CC[C@@H]32)C1. The van der Waals surface area contributed by atoms with Crippen LogP contribution in [0.15, 0.2) is 12.4 Å². The zero-order chi connectivity index (χ0) is 20.9. The van der Waals surface area contributed by atoms with Gasteiger partial charge in [-0.15, -0.1) is 0 Å². The Bertz CT molecular complexity index is 838. The van der Waals surface area contributed by atoms with Crippen molar-refractivity contribution >= 4 is 5.78 Å². The van der Waals surface area contributed by atoms with E-state index in [4.69, 9.17) is 5.26 Å². The highest BCUT2D eigenvalue weighted by atomic mass is 16.1. The van der Waals surface area contributed by atoms with Crippen molar-refractivity contribution in [3.63, 3.8) is 0 Å². The third-order valence-corrected chi connectivity index (χ3v) is 9.99. The van der Waals surface area contributed by atoms with Gasteiger partial charge in [0.15, 0.2) is 5.78 Å². The first-order valence-corrected chi connectivity index (χ1v) is 12.4. The van der Waals surface area contributed by atoms with Crippen LogP contribution in [0.4, 0.5) is 0 Å². The van der Waals surface area contributed by atoms with Gasteiger partial charge in [0, 0.05) is 12.6 Å². The van der Waals surface area contributed by atoms with Gasteiger partial charge in [0.25, 0.3) is 0 Å². The van der Waals surface area contributed by atoms with Crippen molar-refractivity contribution in [2.45, 2.75) is 84.6 Å². The Hall–Kier alpha value is -1.63. The van der Waals surface area contributed by atoms with E-state index in [1.807, 2.05) is 0 Å². The zero-order valence-electron chi connectivity index (χ0n) is 18.7. The van der Waals surface area contributed by atoms with Gasteiger partial charge in [-0.05, 0) is 98.2 Å². The number of fused-ring (bicyclic) bond motifs is 5. The van der Waals surface area contributed by atoms with Crippen molar-refractivity contribution in [3.8, 4) is 6.07 Å². The van der Waals surface area contributed by atoms with E-state index >= 15 is 0 Å². The molecule has 1 aromatic rings. The third kappa shape index (κ3) is 3.43. The van der Waals surface area contributed by atoms with Crippen molar-refractivity contribution < 1.29 is 4.79 Å². The number of hydrogen-bond donors (Lipinski definition) is 0. The van der Waals surface area contributed by atoms with Crippen molar-refractivity contribution in [1.29, 1.82) is 5.26 Å². The van der Waals surface area contributed by atoms with E-state index in [1.165, 1.54) is 57.8 Å². The minimum atomic E-state index is 0.279. The molecule has 8 atom stereocenters. The Morgan fingerprint density at radius 3 is 2.80 bits per heavy atom. The monoisotopic (exact) mass is 407 g/mol. The van der Waals surface area contributed by atoms with Crippen LogP contribution in [0.1, 0.15) is 83.6 Å². The van der Waals surface area contributed by atoms with Crippen LogP contribution in [0.25, 0.3) is 0 Å². The Kier molecular flexibility index (Phi) is 5.28. The molecule has 30 heavy (non-hydrogen) atoms. The molecule has 0 aromatic carbocycles. The Morgan fingerprint density at radius 1 is 1.17 bits per heavy atom. The molecule has 0 saturated heterocycles. The maximum atomic E-state index is 12.8. The third-order valence-electron chi connectivity index (χ3n) is 9.99. The largest absolute Gasteiger partial charge is 0.298 e. The topological polar surface area (TPSA) is 58.7 Å². The summed E-state index contributed by atoms with van der Waals surface area (Å²) in [5.74, 6) is 6.49. The summed E-state index contributed by atoms with van der Waals surface area (Å²) in [5.41, 5.74) is 0.884. The molecule has 0 amide bonds. The summed E-state index contributed by atoms with van der Waals surface area (Å²) in [6, 6.07) is 2.09. The molecule has 162 valence electrons. The number of ketones is 1. The minimum Gasteiger partial charge on any atom is -0.298 e. The summed E-state index contributed by atoms with van der Waals surface area (Å²) >= 11 is 0. The van der Waals surface area contributed by atoms with Crippen LogP contribution in [0.5, 0.6) is 0 Å². The predicted octanol–water partition coefficient (Wildman–Crippen LogP) is 5.62. The average molecular weight is 408 g/mol. The number of nitrogens with zero attached hydrogens (tertiary/aromatic N) is 3. The van der Waals surface area contributed by atoms with Gasteiger partial charge in [-0.3, -0.25) is 9.48 Å². The maximum absolute atomic E-state index is 12.8. The molecule has 0 N–H and O–H groups in total. The van der Waals surface area contributed by atoms with Gasteiger partial charge in [-0.25, -0.2) is 0 Å². The van der Waals surface area contributed by atoms with Crippen LogP contribution < -0.4 is 0 Å². The molecule has 0 radical (unpaired) electrons. The van der Waals surface area contributed by atoms with Gasteiger partial charge in [0.05, 0.1) is 18.3 Å². The van der Waals surface area contributed by atoms with Gasteiger partial charge in [0.1, 0.15) is 6.07 Å². The second-order valence-corrected chi connectivity index (χ2v) is 11.5. The molecule has 0 spiro atoms. The summed E-state index contributed by atoms with van der Waals surface area (Å²) in [6.07, 6.45) is 16.5. The fraction of sp³-hybridized carbons (Fsp3) is 0.808. The molecule has 4 aliphatic rings. The van der Waals surface area contributed by atoms with Crippen molar-refractivity contribution in [1.82, 2.24) is 9.78 Å². The molecule has 0 bridgehead atoms. The lowest BCUT2D eigenvalue weighted by Crippen LogP contribution is -2.48. The van der Waals surface area contributed by atoms with E-state index in [0.717, 1.165) is 35.5 Å². The van der Waals surface area contributed by atoms with Crippen molar-refractivity contribution in [3.05, 3.63) is 18.0 Å². The summed E-state index contributed by atoms with van der Waals surface area (Å²) in [6.45, 7) is 5.30. The number of hydrogen-bond acceptors (Lipinski definition) is 3. The fourth-order valence-corrected chi connectivity index (χ4v) is 8.56. The highest BCUT2D eigenvalue weighted by Gasteiger charge is 2.56. The molecule has 4 heteroatoms. The smallest absolute Gasteiger partial charge is 0.154 e. The molecule has 4 nitrogen and oxygen atoms in total. The lowest BCUT2D eigenvalue weighted by Gasteiger charge is -2.56. The molecule has 0 aliphatic heterocycles. The molecule has 1 heterocycles. The van der Waals surface area contributed by atoms with Crippen LogP contribution in [-0.2, 0) is 11.3 Å². The van der Waals surface area contributed by atoms with Crippen LogP contribution in [0, 0.1) is 58.2 Å². The summed E-state index contributed by atoms with van der Waals surface area (Å²) < 4.78 is 1.64. The number of rotatable bonds is 4. The predicted molar refractivity (Wildman–Crippen MR) is 116 cm³/mol. The van der Waals surface area contributed by atoms with Crippen LogP contribution in [-0.4, -0.2) is 15.6 Å². The quantitative estimate of drug-likeness (QED) is 0.651. The lowest BCUT2D eigenvalue weighted by molar-refractivity contribution is -0.123. The normalized spacial score (nSPS) is 42.6. The van der Waals surface area contributed by atoms with Crippen LogP contribution >= 0.6 is 0 Å². The van der Waals surface area contributed by atoms with E-state index < -0.39 is 0 Å². The lowest BCUT2D eigenvalue weighted by atomic mass is 9.49. The van der Waals surface area contributed by atoms with Gasteiger partial charge in [0.2, 0.25) is 0 Å². The van der Waals surface area contributed by atoms with E-state index in [0.29, 0.717) is 29.9 Å². The Balaban J connectivity index is 1.25. The van der Waals surface area contributed by atoms with E-state index in [-0.39, 0.29) is 5.78 Å². The second kappa shape index (κ2) is 7.81. The molecule has 1 aromatic heterocycles. The van der Waals surface area contributed by atoms with E-state index in [1.54, 1.807) is 17.1 Å². The summed E-state index contributed by atoms with van der Waals surface area (Å²) in [7, 11) is 0. The van der Waals surface area contributed by atoms with Crippen LogP contribution in [0.3, 0.4) is 0 Å².